The molecule has 26 heavy (non-hydrogen) atoms. The summed E-state index contributed by atoms with van der Waals surface area (Å²) in [6, 6.07) is 12.5. The molecule has 0 unspecified atom stereocenters. The Hall–Kier alpha value is -2.25. The van der Waals surface area contributed by atoms with Crippen molar-refractivity contribution in [2.24, 2.45) is 0 Å². The molecule has 2 aromatic carbocycles. The summed E-state index contributed by atoms with van der Waals surface area (Å²) in [7, 11) is -2.16. The highest BCUT2D eigenvalue weighted by molar-refractivity contribution is 7.92. The van der Waals surface area contributed by atoms with Crippen molar-refractivity contribution >= 4 is 38.9 Å². The third-order valence-corrected chi connectivity index (χ3v) is 5.23. The molecule has 0 spiro atoms. The van der Waals surface area contributed by atoms with Crippen LogP contribution in [0.2, 0.25) is 5.02 Å². The van der Waals surface area contributed by atoms with Crippen molar-refractivity contribution in [3.05, 3.63) is 53.6 Å². The number of methoxy groups -OCH3 is 1. The molecule has 1 N–H and O–H groups in total. The first kappa shape index (κ1) is 20.1. The van der Waals surface area contributed by atoms with E-state index >= 15 is 0 Å². The zero-order valence-electron chi connectivity index (χ0n) is 14.8. The summed E-state index contributed by atoms with van der Waals surface area (Å²) in [5.41, 5.74) is 0.894. The predicted octanol–water partition coefficient (Wildman–Crippen LogP) is 3.53. The van der Waals surface area contributed by atoms with E-state index in [1.165, 1.54) is 7.11 Å². The maximum Gasteiger partial charge on any atom is 0.248 e. The summed E-state index contributed by atoms with van der Waals surface area (Å²) in [5, 5.41) is 3.07. The van der Waals surface area contributed by atoms with Crippen LogP contribution in [0.1, 0.15) is 13.3 Å². The number of sulfonamides is 1. The van der Waals surface area contributed by atoms with Crippen molar-refractivity contribution in [3.63, 3.8) is 0 Å². The molecule has 0 aromatic heterocycles. The summed E-state index contributed by atoms with van der Waals surface area (Å²) in [4.78, 5) is 12.8. The summed E-state index contributed by atoms with van der Waals surface area (Å²) in [6.45, 7) is 1.76. The molecule has 1 amide bonds. The van der Waals surface area contributed by atoms with Crippen molar-refractivity contribution in [1.29, 1.82) is 0 Å². The zero-order chi connectivity index (χ0) is 19.3. The van der Waals surface area contributed by atoms with E-state index in [0.29, 0.717) is 28.6 Å². The Bertz CT molecular complexity index is 872. The first-order valence-electron chi connectivity index (χ1n) is 7.96. The van der Waals surface area contributed by atoms with E-state index < -0.39 is 22.0 Å². The smallest absolute Gasteiger partial charge is 0.248 e. The number of nitrogens with one attached hydrogen (secondary N) is 1. The van der Waals surface area contributed by atoms with Crippen molar-refractivity contribution in [2.75, 3.05) is 23.0 Å². The molecule has 1 atom stereocenters. The summed E-state index contributed by atoms with van der Waals surface area (Å²) >= 11 is 6.07. The van der Waals surface area contributed by atoms with Crippen LogP contribution in [0.25, 0.3) is 0 Å². The van der Waals surface area contributed by atoms with Gasteiger partial charge in [0.2, 0.25) is 15.9 Å². The number of carbonyl (C=O) groups is 1. The van der Waals surface area contributed by atoms with Crippen LogP contribution in [-0.2, 0) is 14.8 Å². The number of ether oxygens (including phenoxy) is 1. The van der Waals surface area contributed by atoms with Gasteiger partial charge in [-0.3, -0.25) is 9.10 Å². The molecule has 8 heteroatoms. The van der Waals surface area contributed by atoms with E-state index in [2.05, 4.69) is 5.32 Å². The maximum absolute atomic E-state index is 12.8. The van der Waals surface area contributed by atoms with E-state index in [4.69, 9.17) is 16.3 Å². The van der Waals surface area contributed by atoms with Gasteiger partial charge in [-0.15, -0.1) is 0 Å². The molecule has 2 rings (SSSR count). The molecule has 0 fully saturated rings. The molecule has 0 heterocycles. The van der Waals surface area contributed by atoms with Gasteiger partial charge in [0.15, 0.2) is 0 Å². The minimum absolute atomic E-state index is 0.303. The fourth-order valence-corrected chi connectivity index (χ4v) is 4.07. The molecule has 2 aromatic rings. The van der Waals surface area contributed by atoms with Crippen LogP contribution in [0.15, 0.2) is 48.5 Å². The van der Waals surface area contributed by atoms with Gasteiger partial charge in [0.1, 0.15) is 11.8 Å². The highest BCUT2D eigenvalue weighted by Crippen LogP contribution is 2.28. The minimum atomic E-state index is -3.66. The molecule has 0 aliphatic carbocycles. The maximum atomic E-state index is 12.8. The number of halogens is 1. The largest absolute Gasteiger partial charge is 0.495 e. The number of rotatable bonds is 7. The summed E-state index contributed by atoms with van der Waals surface area (Å²) in [5.74, 6) is 0.0433. The van der Waals surface area contributed by atoms with Gasteiger partial charge in [-0.25, -0.2) is 8.42 Å². The van der Waals surface area contributed by atoms with E-state index in [9.17, 15) is 13.2 Å². The average molecular weight is 397 g/mol. The summed E-state index contributed by atoms with van der Waals surface area (Å²) in [6.07, 6.45) is 1.39. The highest BCUT2D eigenvalue weighted by Gasteiger charge is 2.31. The second-order valence-electron chi connectivity index (χ2n) is 5.66. The fraction of sp³-hybridized carbons (Fsp3) is 0.278. The third-order valence-electron chi connectivity index (χ3n) is 3.76. The highest BCUT2D eigenvalue weighted by atomic mass is 35.5. The van der Waals surface area contributed by atoms with Gasteiger partial charge in [0, 0.05) is 5.69 Å². The number of benzene rings is 2. The lowest BCUT2D eigenvalue weighted by molar-refractivity contribution is -0.117. The Morgan fingerprint density at radius 1 is 1.23 bits per heavy atom. The lowest BCUT2D eigenvalue weighted by atomic mass is 10.2. The molecular weight excluding hydrogens is 376 g/mol. The molecular formula is C18H21ClN2O4S. The lowest BCUT2D eigenvalue weighted by Crippen LogP contribution is -2.46. The number of nitrogens with zero attached hydrogens (tertiary/aromatic N) is 1. The molecule has 6 nitrogen and oxygen atoms in total. The zero-order valence-corrected chi connectivity index (χ0v) is 16.3. The van der Waals surface area contributed by atoms with Crippen molar-refractivity contribution in [3.8, 4) is 5.75 Å². The standard InChI is InChI=1S/C18H21ClN2O4S/c1-4-16(21(26(3,23)24)14-8-6-5-7-9-14)18(22)20-13-10-11-17(25-2)15(19)12-13/h5-12,16H,4H2,1-3H3,(H,20,22)/t16-/m1/s1. The number of anilines is 2. The first-order valence-corrected chi connectivity index (χ1v) is 10.2. The molecule has 0 aliphatic rings. The van der Waals surface area contributed by atoms with E-state index in [1.807, 2.05) is 0 Å². The topological polar surface area (TPSA) is 75.7 Å². The molecule has 140 valence electrons. The quantitative estimate of drug-likeness (QED) is 0.776. The summed E-state index contributed by atoms with van der Waals surface area (Å²) < 4.78 is 30.9. The van der Waals surface area contributed by atoms with E-state index in [0.717, 1.165) is 10.6 Å². The van der Waals surface area contributed by atoms with Gasteiger partial charge in [0.05, 0.1) is 24.1 Å². The van der Waals surface area contributed by atoms with Gasteiger partial charge in [0.25, 0.3) is 0 Å². The Labute approximate surface area is 158 Å². The van der Waals surface area contributed by atoms with Gasteiger partial charge in [-0.2, -0.15) is 0 Å². The molecule has 0 saturated heterocycles. The van der Waals surface area contributed by atoms with Crippen LogP contribution in [0.5, 0.6) is 5.75 Å². The number of hydrogen-bond donors (Lipinski definition) is 1. The van der Waals surface area contributed by atoms with E-state index in [-0.39, 0.29) is 0 Å². The van der Waals surface area contributed by atoms with Crippen LogP contribution in [-0.4, -0.2) is 33.7 Å². The second-order valence-corrected chi connectivity index (χ2v) is 7.92. The Balaban J connectivity index is 2.32. The van der Waals surface area contributed by atoms with Gasteiger partial charge in [-0.05, 0) is 36.8 Å². The number of para-hydroxylation sites is 1. The minimum Gasteiger partial charge on any atom is -0.495 e. The van der Waals surface area contributed by atoms with Gasteiger partial charge in [-0.1, -0.05) is 36.7 Å². The Kier molecular flexibility index (Phi) is 6.50. The van der Waals surface area contributed by atoms with Crippen LogP contribution < -0.4 is 14.4 Å². The average Bonchev–Trinajstić information content (AvgIpc) is 2.59. The Morgan fingerprint density at radius 2 is 1.88 bits per heavy atom. The normalized spacial score (nSPS) is 12.3. The van der Waals surface area contributed by atoms with Crippen molar-refractivity contribution < 1.29 is 17.9 Å². The van der Waals surface area contributed by atoms with Crippen molar-refractivity contribution in [1.82, 2.24) is 0 Å². The van der Waals surface area contributed by atoms with Crippen molar-refractivity contribution in [2.45, 2.75) is 19.4 Å². The SMILES string of the molecule is CC[C@H](C(=O)Nc1ccc(OC)c(Cl)c1)N(c1ccccc1)S(C)(=O)=O. The van der Waals surface area contributed by atoms with Crippen LogP contribution >= 0.6 is 11.6 Å². The number of amides is 1. The number of hydrogen-bond acceptors (Lipinski definition) is 4. The predicted molar refractivity (Wildman–Crippen MR) is 104 cm³/mol. The van der Waals surface area contributed by atoms with Crippen LogP contribution in [0, 0.1) is 0 Å². The lowest BCUT2D eigenvalue weighted by Gasteiger charge is -2.30. The molecule has 0 radical (unpaired) electrons. The first-order chi connectivity index (χ1) is 12.3. The molecule has 0 saturated carbocycles. The van der Waals surface area contributed by atoms with Crippen LogP contribution in [0.4, 0.5) is 11.4 Å². The molecule has 0 bridgehead atoms. The monoisotopic (exact) mass is 396 g/mol. The number of carbonyl (C=O) groups excluding carboxylic acids is 1. The second kappa shape index (κ2) is 8.42. The van der Waals surface area contributed by atoms with Crippen LogP contribution in [0.3, 0.4) is 0 Å². The van der Waals surface area contributed by atoms with Gasteiger partial charge < -0.3 is 10.1 Å². The molecule has 0 aliphatic heterocycles. The van der Waals surface area contributed by atoms with E-state index in [1.54, 1.807) is 55.5 Å². The fourth-order valence-electron chi connectivity index (χ4n) is 2.60. The van der Waals surface area contributed by atoms with Gasteiger partial charge >= 0.3 is 0 Å². The Morgan fingerprint density at radius 3 is 2.38 bits per heavy atom. The third kappa shape index (κ3) is 4.68.